The molecule has 0 atom stereocenters. The first-order valence-electron chi connectivity index (χ1n) is 60.4. The molecular weight excluding hydrogens is 1830 g/mol. The summed E-state index contributed by atoms with van der Waals surface area (Å²) in [7, 11) is 0. The van der Waals surface area contributed by atoms with Crippen LogP contribution in [0.4, 0.5) is 0 Å². The van der Waals surface area contributed by atoms with Gasteiger partial charge in [-0.3, -0.25) is 0 Å². The summed E-state index contributed by atoms with van der Waals surface area (Å²) in [6, 6.07) is 28.8. The van der Waals surface area contributed by atoms with Crippen molar-refractivity contribution in [3.8, 4) is 119 Å². The minimum Gasteiger partial charge on any atom is -0.490 e. The van der Waals surface area contributed by atoms with E-state index in [0.29, 0.717) is 59.5 Å². The van der Waals surface area contributed by atoms with Crippen LogP contribution in [0, 0.1) is 35.5 Å². The van der Waals surface area contributed by atoms with Gasteiger partial charge in [0.25, 0.3) is 0 Å². The molecule has 0 fully saturated rings. The smallest absolute Gasteiger partial charge is 0.203 e. The molecule has 0 bridgehead atoms. The third-order valence-corrected chi connectivity index (χ3v) is 31.0. The number of thiophene rings is 3. The molecule has 9 nitrogen and oxygen atoms in total. The lowest BCUT2D eigenvalue weighted by atomic mass is 10.0. The first-order valence-corrected chi connectivity index (χ1v) is 63.0. The van der Waals surface area contributed by atoms with Crippen LogP contribution in [0.2, 0.25) is 0 Å². The Morgan fingerprint density at radius 1 is 0.167 bits per heavy atom. The minimum atomic E-state index is 0.624. The van der Waals surface area contributed by atoms with Gasteiger partial charge in [-0.1, -0.05) is 502 Å². The van der Waals surface area contributed by atoms with Gasteiger partial charge in [-0.25, -0.2) is 0 Å². The predicted octanol–water partition coefficient (Wildman–Crippen LogP) is 42.7. The van der Waals surface area contributed by atoms with Crippen molar-refractivity contribution in [1.82, 2.24) is 0 Å². The van der Waals surface area contributed by atoms with Crippen molar-refractivity contribution in [2.45, 2.75) is 525 Å². The summed E-state index contributed by atoms with van der Waals surface area (Å²) in [5.74, 6) is 28.6. The third kappa shape index (κ3) is 57.0. The lowest BCUT2D eigenvalue weighted by Gasteiger charge is -2.18. The van der Waals surface area contributed by atoms with E-state index in [4.69, 9.17) is 42.6 Å². The lowest BCUT2D eigenvalue weighted by molar-refractivity contribution is 0.234. The molecule has 12 heteroatoms. The molecule has 7 aromatic rings. The van der Waals surface area contributed by atoms with E-state index >= 15 is 0 Å². The van der Waals surface area contributed by atoms with Gasteiger partial charge >= 0.3 is 0 Å². The van der Waals surface area contributed by atoms with Crippen molar-refractivity contribution < 1.29 is 42.6 Å². The van der Waals surface area contributed by atoms with Crippen molar-refractivity contribution in [3.63, 3.8) is 0 Å². The maximum absolute atomic E-state index is 6.86. The van der Waals surface area contributed by atoms with Crippen molar-refractivity contribution in [3.05, 3.63) is 122 Å². The molecular formula is C132H204O9S3. The van der Waals surface area contributed by atoms with E-state index in [0.717, 1.165) is 231 Å². The van der Waals surface area contributed by atoms with E-state index in [1.807, 2.05) is 0 Å². The number of hydrogen-bond acceptors (Lipinski definition) is 12. The average molecular weight is 2030 g/mol. The zero-order valence-electron chi connectivity index (χ0n) is 93.3. The molecule has 4 aromatic carbocycles. The second-order valence-corrected chi connectivity index (χ2v) is 44.3. The summed E-state index contributed by atoms with van der Waals surface area (Å²) in [6.07, 6.45) is 89.1. The second-order valence-electron chi connectivity index (χ2n) is 41.4. The van der Waals surface area contributed by atoms with Gasteiger partial charge in [0.2, 0.25) is 17.2 Å². The Kier molecular flexibility index (Phi) is 73.6. The van der Waals surface area contributed by atoms with Gasteiger partial charge in [-0.2, -0.15) is 0 Å². The summed E-state index contributed by atoms with van der Waals surface area (Å²) in [4.78, 5) is 4.40. The summed E-state index contributed by atoms with van der Waals surface area (Å²) in [6.45, 7) is 26.3. The van der Waals surface area contributed by atoms with Gasteiger partial charge in [0.15, 0.2) is 34.5 Å². The molecule has 0 unspecified atom stereocenters. The molecule has 0 saturated heterocycles. The highest BCUT2D eigenvalue weighted by molar-refractivity contribution is 7.16. The van der Waals surface area contributed by atoms with E-state index in [1.165, 1.54) is 347 Å². The standard InChI is InChI=1S/C132H204O9S3/c1-10-19-28-37-46-55-64-73-90-133-121-99-112(100-122(134-91-74-65-56-47-38-29-20-11-2)130(121)139-96-79-70-61-52-43-34-25-16-7)82-84-115-105-128(142-110-115)118-107-117(127-89-88-120(144-127)87-86-114-103-125(137-94-77-68-59-50-41-32-23-14-5)132(141-98-81-72-63-54-45-36-27-18-9)126(104-114)138-95-78-69-60-51-42-33-24-15-6)108-119(109-118)129-106-116(111-143-129)85-83-113-101-123(135-92-75-66-57-48-39-30-21-12-3)131(140-97-80-71-62-53-44-35-26-17-8)124(102-113)136-93-76-67-58-49-40-31-22-13-4/h88-89,99-111H,10-81,90-98H2,1-9H3. The molecule has 7 rings (SSSR count). The van der Waals surface area contributed by atoms with Crippen LogP contribution in [0.25, 0.3) is 31.3 Å². The Balaban J connectivity index is 1.30. The fraction of sp³-hybridized carbons (Fsp3) is 0.682. The monoisotopic (exact) mass is 2030 g/mol. The molecule has 0 aliphatic rings. The van der Waals surface area contributed by atoms with Crippen molar-refractivity contribution >= 4 is 34.0 Å². The van der Waals surface area contributed by atoms with Gasteiger partial charge in [-0.15, -0.1) is 34.0 Å². The minimum absolute atomic E-state index is 0.624. The number of ether oxygens (including phenoxy) is 9. The quantitative estimate of drug-likeness (QED) is 0.0273. The van der Waals surface area contributed by atoms with Crippen LogP contribution in [0.5, 0.6) is 51.7 Å². The molecule has 3 heterocycles. The van der Waals surface area contributed by atoms with Gasteiger partial charge < -0.3 is 42.6 Å². The van der Waals surface area contributed by atoms with Gasteiger partial charge in [0.05, 0.1) is 64.3 Å². The Labute approximate surface area is 895 Å². The Morgan fingerprint density at radius 2 is 0.340 bits per heavy atom. The molecule has 0 aliphatic heterocycles. The van der Waals surface area contributed by atoms with E-state index in [-0.39, 0.29) is 0 Å². The SMILES string of the molecule is CCCCCCCCCCOc1cc(C#Cc2csc(-c3cc(-c4cc(C#Cc5cc(OCCCCCCCCCC)c(OCCCCCCCCCC)c(OCCCCCCCCCC)c5)cs4)cc(-c4ccc(C#Cc5cc(OCCCCCCCCCC)c(OCCCCCCCCCC)c(OCCCCCCCCCC)c5)s4)c3)c2)cc(OCCCCCCCCCC)c1OCCCCCCCCCC. The van der Waals surface area contributed by atoms with Crippen LogP contribution in [-0.4, -0.2) is 59.5 Å². The third-order valence-electron chi connectivity index (χ3n) is 28.0. The topological polar surface area (TPSA) is 83.1 Å². The van der Waals surface area contributed by atoms with Crippen LogP contribution in [0.3, 0.4) is 0 Å². The molecule has 0 saturated carbocycles. The number of hydrogen-bond donors (Lipinski definition) is 0. The van der Waals surface area contributed by atoms with Gasteiger partial charge in [0.1, 0.15) is 0 Å². The van der Waals surface area contributed by atoms with E-state index in [1.54, 1.807) is 34.0 Å². The van der Waals surface area contributed by atoms with Gasteiger partial charge in [0, 0.05) is 53.2 Å². The fourth-order valence-electron chi connectivity index (χ4n) is 18.9. The van der Waals surface area contributed by atoms with E-state index in [9.17, 15) is 0 Å². The van der Waals surface area contributed by atoms with Crippen molar-refractivity contribution in [2.75, 3.05) is 59.5 Å². The normalized spacial score (nSPS) is 11.2. The zero-order chi connectivity index (χ0) is 102. The summed E-state index contributed by atoms with van der Waals surface area (Å²) >= 11 is 5.22. The Morgan fingerprint density at radius 3 is 0.549 bits per heavy atom. The lowest BCUT2D eigenvalue weighted by Crippen LogP contribution is -2.07. The van der Waals surface area contributed by atoms with Crippen LogP contribution >= 0.6 is 34.0 Å². The molecule has 0 aliphatic carbocycles. The summed E-state index contributed by atoms with van der Waals surface area (Å²) < 4.78 is 61.7. The molecule has 3 aromatic heterocycles. The molecule has 804 valence electrons. The van der Waals surface area contributed by atoms with Gasteiger partial charge in [-0.05, 0) is 153 Å². The highest BCUT2D eigenvalue weighted by atomic mass is 32.1. The van der Waals surface area contributed by atoms with Crippen LogP contribution in [-0.2, 0) is 0 Å². The summed E-state index contributed by atoms with van der Waals surface area (Å²) in [5.41, 5.74) is 7.88. The van der Waals surface area contributed by atoms with E-state index < -0.39 is 0 Å². The second kappa shape index (κ2) is 85.6. The maximum Gasteiger partial charge on any atom is 0.203 e. The molecule has 0 N–H and O–H groups in total. The zero-order valence-corrected chi connectivity index (χ0v) is 95.8. The first-order chi connectivity index (χ1) is 71.2. The number of unbranched alkanes of at least 4 members (excludes halogenated alkanes) is 63. The van der Waals surface area contributed by atoms with Crippen LogP contribution in [0.15, 0.2) is 89.6 Å². The van der Waals surface area contributed by atoms with Crippen molar-refractivity contribution in [1.29, 1.82) is 0 Å². The van der Waals surface area contributed by atoms with Crippen molar-refractivity contribution in [2.24, 2.45) is 0 Å². The maximum atomic E-state index is 6.86. The molecule has 0 radical (unpaired) electrons. The number of benzene rings is 4. The summed E-state index contributed by atoms with van der Waals surface area (Å²) in [5, 5.41) is 4.44. The largest absolute Gasteiger partial charge is 0.490 e. The fourth-order valence-corrected chi connectivity index (χ4v) is 21.4. The average Bonchev–Trinajstić information content (AvgIpc) is 1.74. The molecule has 0 amide bonds. The number of rotatable bonds is 93. The highest BCUT2D eigenvalue weighted by Crippen LogP contribution is 2.45. The molecule has 0 spiro atoms. The predicted molar refractivity (Wildman–Crippen MR) is 627 cm³/mol. The Hall–Kier alpha value is -7.14. The molecule has 144 heavy (non-hydrogen) atoms. The Bertz CT molecular complexity index is 3920. The van der Waals surface area contributed by atoms with E-state index in [2.05, 4.69) is 187 Å². The van der Waals surface area contributed by atoms with Crippen LogP contribution < -0.4 is 42.6 Å². The first kappa shape index (κ1) is 124. The highest BCUT2D eigenvalue weighted by Gasteiger charge is 2.22. The van der Waals surface area contributed by atoms with Crippen LogP contribution in [0.1, 0.15) is 557 Å².